The van der Waals surface area contributed by atoms with Gasteiger partial charge in [-0.1, -0.05) is 84.9 Å². The van der Waals surface area contributed by atoms with Gasteiger partial charge in [-0.15, -0.1) is 11.3 Å². The van der Waals surface area contributed by atoms with Gasteiger partial charge in [0.25, 0.3) is 0 Å². The maximum Gasteiger partial charge on any atom is 0.0788 e. The molecule has 0 bridgehead atoms. The van der Waals surface area contributed by atoms with Gasteiger partial charge in [-0.25, -0.2) is 9.97 Å². The molecule has 5 heteroatoms. The molecule has 5 heterocycles. The molecule has 0 amide bonds. The molecular formula is C46H28N4S. The summed E-state index contributed by atoms with van der Waals surface area (Å²) in [7, 11) is 0. The van der Waals surface area contributed by atoms with Crippen molar-refractivity contribution in [3.63, 3.8) is 0 Å². The van der Waals surface area contributed by atoms with Crippen LogP contribution in [0.25, 0.3) is 97.9 Å². The summed E-state index contributed by atoms with van der Waals surface area (Å²) in [4.78, 5) is 19.0. The van der Waals surface area contributed by atoms with E-state index in [4.69, 9.17) is 9.97 Å². The summed E-state index contributed by atoms with van der Waals surface area (Å²) in [6, 6.07) is 51.6. The summed E-state index contributed by atoms with van der Waals surface area (Å²) < 4.78 is 2.62. The zero-order valence-electron chi connectivity index (χ0n) is 27.4. The van der Waals surface area contributed by atoms with Crippen LogP contribution in [0.1, 0.15) is 0 Å². The van der Waals surface area contributed by atoms with Crippen LogP contribution < -0.4 is 0 Å². The number of para-hydroxylation sites is 1. The molecule has 5 aromatic heterocycles. The normalized spacial score (nSPS) is 11.5. The lowest BCUT2D eigenvalue weighted by atomic mass is 9.94. The Hall–Kier alpha value is -6.56. The average Bonchev–Trinajstić information content (AvgIpc) is 3.60. The molecule has 0 saturated heterocycles. The second-order valence-electron chi connectivity index (χ2n) is 12.7. The predicted molar refractivity (Wildman–Crippen MR) is 213 cm³/mol. The van der Waals surface area contributed by atoms with Crippen molar-refractivity contribution in [2.45, 2.75) is 0 Å². The Morgan fingerprint density at radius 1 is 0.392 bits per heavy atom. The van der Waals surface area contributed by atoms with Gasteiger partial charge in [0.05, 0.1) is 22.6 Å². The fourth-order valence-electron chi connectivity index (χ4n) is 7.18. The molecule has 0 N–H and O–H groups in total. The summed E-state index contributed by atoms with van der Waals surface area (Å²) in [5, 5.41) is 6.23. The number of hydrogen-bond donors (Lipinski definition) is 0. The van der Waals surface area contributed by atoms with E-state index >= 15 is 0 Å². The van der Waals surface area contributed by atoms with Crippen molar-refractivity contribution in [2.75, 3.05) is 0 Å². The third-order valence-corrected chi connectivity index (χ3v) is 10.8. The number of nitrogens with zero attached hydrogens (tertiary/aromatic N) is 4. The summed E-state index contributed by atoms with van der Waals surface area (Å²) >= 11 is 1.87. The summed E-state index contributed by atoms with van der Waals surface area (Å²) in [5.74, 6) is 0. The molecule has 0 fully saturated rings. The van der Waals surface area contributed by atoms with Crippen LogP contribution in [0, 0.1) is 0 Å². The Morgan fingerprint density at radius 2 is 0.980 bits per heavy atom. The fourth-order valence-corrected chi connectivity index (χ4v) is 8.45. The lowest BCUT2D eigenvalue weighted by Gasteiger charge is -2.13. The monoisotopic (exact) mass is 668 g/mol. The zero-order valence-corrected chi connectivity index (χ0v) is 28.2. The van der Waals surface area contributed by atoms with Crippen molar-refractivity contribution in [2.24, 2.45) is 0 Å². The molecule has 51 heavy (non-hydrogen) atoms. The lowest BCUT2D eigenvalue weighted by Crippen LogP contribution is -1.92. The molecule has 10 aromatic rings. The van der Waals surface area contributed by atoms with Crippen LogP contribution in [0.2, 0.25) is 0 Å². The largest absolute Gasteiger partial charge is 0.264 e. The first-order valence-electron chi connectivity index (χ1n) is 16.9. The van der Waals surface area contributed by atoms with Crippen molar-refractivity contribution < 1.29 is 0 Å². The average molecular weight is 669 g/mol. The van der Waals surface area contributed by atoms with E-state index in [1.54, 1.807) is 12.4 Å². The van der Waals surface area contributed by atoms with E-state index in [9.17, 15) is 0 Å². The van der Waals surface area contributed by atoms with Gasteiger partial charge in [0.1, 0.15) is 0 Å². The molecule has 0 aliphatic rings. The van der Waals surface area contributed by atoms with Gasteiger partial charge in [0, 0.05) is 77.8 Å². The summed E-state index contributed by atoms with van der Waals surface area (Å²) in [6.45, 7) is 0. The molecular weight excluding hydrogens is 641 g/mol. The van der Waals surface area contributed by atoms with E-state index in [-0.39, 0.29) is 0 Å². The second kappa shape index (κ2) is 12.1. The molecule has 0 aliphatic heterocycles. The SMILES string of the molecule is c1cc(-c2cccc(-c3nc4ccccc4c4c3ccc3c5ccccc5sc34)c2)cc(-c2cc(-c3cccnc3)nc(-c3cccnc3)c2)c1. The molecule has 0 unspecified atom stereocenters. The highest BCUT2D eigenvalue weighted by molar-refractivity contribution is 7.26. The smallest absolute Gasteiger partial charge is 0.0788 e. The standard InChI is InChI=1S/C46H28N4S/c1-3-17-40-38(16-1)44-39(20-19-37-36-15-2-4-18-43(36)51-46(37)44)45(50-40)32-12-6-10-30(24-32)29-9-5-11-31(23-29)35-25-41(33-13-7-21-47-27-33)49-42(26-35)34-14-8-22-48-28-34/h1-28H. The van der Waals surface area contributed by atoms with Crippen LogP contribution in [0.4, 0.5) is 0 Å². The molecule has 238 valence electrons. The van der Waals surface area contributed by atoms with E-state index in [1.165, 1.54) is 36.3 Å². The van der Waals surface area contributed by atoms with Crippen LogP contribution in [0.15, 0.2) is 170 Å². The van der Waals surface area contributed by atoms with Crippen LogP contribution in [-0.4, -0.2) is 19.9 Å². The topological polar surface area (TPSA) is 51.6 Å². The Labute approximate surface area is 298 Å². The molecule has 0 radical (unpaired) electrons. The minimum Gasteiger partial charge on any atom is -0.264 e. The Balaban J connectivity index is 1.12. The van der Waals surface area contributed by atoms with Crippen LogP contribution in [0.3, 0.4) is 0 Å². The Kier molecular flexibility index (Phi) is 6.96. The predicted octanol–water partition coefficient (Wildman–Crippen LogP) is 12.3. The Bertz CT molecular complexity index is 2860. The van der Waals surface area contributed by atoms with Gasteiger partial charge >= 0.3 is 0 Å². The lowest BCUT2D eigenvalue weighted by molar-refractivity contribution is 1.26. The molecule has 5 aromatic carbocycles. The third kappa shape index (κ3) is 5.14. The second-order valence-corrected chi connectivity index (χ2v) is 13.8. The van der Waals surface area contributed by atoms with E-state index in [1.807, 2.05) is 48.0 Å². The number of thiophene rings is 1. The number of benzene rings is 5. The molecule has 10 rings (SSSR count). The van der Waals surface area contributed by atoms with Crippen molar-refractivity contribution in [1.82, 2.24) is 19.9 Å². The number of hydrogen-bond acceptors (Lipinski definition) is 5. The van der Waals surface area contributed by atoms with Crippen LogP contribution in [-0.2, 0) is 0 Å². The molecule has 0 aliphatic carbocycles. The Morgan fingerprint density at radius 3 is 1.69 bits per heavy atom. The highest BCUT2D eigenvalue weighted by Gasteiger charge is 2.17. The van der Waals surface area contributed by atoms with Gasteiger partial charge in [-0.3, -0.25) is 9.97 Å². The maximum atomic E-state index is 5.30. The zero-order chi connectivity index (χ0) is 33.7. The van der Waals surface area contributed by atoms with Crippen LogP contribution in [0.5, 0.6) is 0 Å². The van der Waals surface area contributed by atoms with Crippen molar-refractivity contribution in [3.8, 4) is 56.0 Å². The highest BCUT2D eigenvalue weighted by Crippen LogP contribution is 2.43. The number of aromatic nitrogens is 4. The third-order valence-electron chi connectivity index (χ3n) is 9.61. The van der Waals surface area contributed by atoms with Crippen molar-refractivity contribution in [1.29, 1.82) is 0 Å². The summed E-state index contributed by atoms with van der Waals surface area (Å²) in [6.07, 6.45) is 7.29. The molecule has 0 atom stereocenters. The van der Waals surface area contributed by atoms with Gasteiger partial charge in [-0.2, -0.15) is 0 Å². The highest BCUT2D eigenvalue weighted by atomic mass is 32.1. The van der Waals surface area contributed by atoms with Gasteiger partial charge in [0.2, 0.25) is 0 Å². The van der Waals surface area contributed by atoms with Gasteiger partial charge < -0.3 is 0 Å². The first-order valence-corrected chi connectivity index (χ1v) is 17.8. The molecule has 0 spiro atoms. The van der Waals surface area contributed by atoms with Crippen molar-refractivity contribution >= 4 is 53.2 Å². The minimum atomic E-state index is 0.869. The van der Waals surface area contributed by atoms with Gasteiger partial charge in [0.15, 0.2) is 0 Å². The molecule has 4 nitrogen and oxygen atoms in total. The number of rotatable bonds is 5. The quantitative estimate of drug-likeness (QED) is 0.171. The van der Waals surface area contributed by atoms with E-state index in [2.05, 4.69) is 131 Å². The summed E-state index contributed by atoms with van der Waals surface area (Å²) in [5.41, 5.74) is 11.2. The number of pyridine rings is 4. The molecule has 0 saturated carbocycles. The van der Waals surface area contributed by atoms with E-state index in [0.29, 0.717) is 0 Å². The first-order chi connectivity index (χ1) is 25.3. The van der Waals surface area contributed by atoms with Crippen LogP contribution >= 0.6 is 11.3 Å². The first kappa shape index (κ1) is 29.4. The van der Waals surface area contributed by atoms with E-state index in [0.717, 1.165) is 61.5 Å². The van der Waals surface area contributed by atoms with Crippen molar-refractivity contribution in [3.05, 3.63) is 170 Å². The fraction of sp³-hybridized carbons (Fsp3) is 0. The van der Waals surface area contributed by atoms with E-state index < -0.39 is 0 Å². The maximum absolute atomic E-state index is 5.30. The minimum absolute atomic E-state index is 0.869. The number of fused-ring (bicyclic) bond motifs is 7. The van der Waals surface area contributed by atoms with Gasteiger partial charge in [-0.05, 0) is 82.9 Å².